The fourth-order valence-electron chi connectivity index (χ4n) is 1.78. The SMILES string of the molecule is CC/C=C/C(=O)c1ccc(-c2ccccc2)cc1. The molecule has 0 aliphatic heterocycles. The highest BCUT2D eigenvalue weighted by Crippen LogP contribution is 2.19. The number of benzene rings is 2. The number of hydrogen-bond acceptors (Lipinski definition) is 1. The molecule has 0 saturated heterocycles. The number of carbonyl (C=O) groups is 1. The molecule has 1 heteroatoms. The predicted octanol–water partition coefficient (Wildman–Crippen LogP) is 4.50. The van der Waals surface area contributed by atoms with Gasteiger partial charge in [0.1, 0.15) is 0 Å². The minimum Gasteiger partial charge on any atom is -0.289 e. The van der Waals surface area contributed by atoms with Gasteiger partial charge in [-0.05, 0) is 23.6 Å². The molecule has 1 nitrogen and oxygen atoms in total. The summed E-state index contributed by atoms with van der Waals surface area (Å²) in [5.74, 6) is 0.0662. The summed E-state index contributed by atoms with van der Waals surface area (Å²) in [6.07, 6.45) is 4.40. The van der Waals surface area contributed by atoms with E-state index in [1.54, 1.807) is 6.08 Å². The summed E-state index contributed by atoms with van der Waals surface area (Å²) in [5.41, 5.74) is 3.03. The highest BCUT2D eigenvalue weighted by atomic mass is 16.1. The molecule has 0 unspecified atom stereocenters. The van der Waals surface area contributed by atoms with Crippen LogP contribution in [0.15, 0.2) is 66.7 Å². The molecule has 0 bridgehead atoms. The summed E-state index contributed by atoms with van der Waals surface area (Å²) in [6.45, 7) is 2.02. The quantitative estimate of drug-likeness (QED) is 0.564. The molecule has 2 aromatic carbocycles. The molecule has 0 aliphatic rings. The zero-order valence-electron chi connectivity index (χ0n) is 10.5. The number of allylic oxidation sites excluding steroid dienone is 2. The van der Waals surface area contributed by atoms with Gasteiger partial charge in [-0.3, -0.25) is 4.79 Å². The maximum absolute atomic E-state index is 11.8. The highest BCUT2D eigenvalue weighted by Gasteiger charge is 2.02. The Morgan fingerprint density at radius 3 is 2.17 bits per heavy atom. The molecule has 18 heavy (non-hydrogen) atoms. The highest BCUT2D eigenvalue weighted by molar-refractivity contribution is 6.04. The monoisotopic (exact) mass is 236 g/mol. The van der Waals surface area contributed by atoms with Crippen LogP contribution in [0.4, 0.5) is 0 Å². The summed E-state index contributed by atoms with van der Waals surface area (Å²) >= 11 is 0. The largest absolute Gasteiger partial charge is 0.289 e. The Hall–Kier alpha value is -2.15. The van der Waals surface area contributed by atoms with Gasteiger partial charge in [0.2, 0.25) is 0 Å². The predicted molar refractivity (Wildman–Crippen MR) is 75.6 cm³/mol. The molecule has 0 heterocycles. The van der Waals surface area contributed by atoms with E-state index >= 15 is 0 Å². The van der Waals surface area contributed by atoms with Crippen molar-refractivity contribution in [2.75, 3.05) is 0 Å². The molecule has 0 radical (unpaired) electrons. The zero-order chi connectivity index (χ0) is 12.8. The molecule has 0 aromatic heterocycles. The van der Waals surface area contributed by atoms with Gasteiger partial charge in [-0.15, -0.1) is 0 Å². The van der Waals surface area contributed by atoms with Crippen molar-refractivity contribution in [1.29, 1.82) is 0 Å². The van der Waals surface area contributed by atoms with E-state index in [2.05, 4.69) is 12.1 Å². The van der Waals surface area contributed by atoms with Crippen molar-refractivity contribution in [1.82, 2.24) is 0 Å². The number of ketones is 1. The third-order valence-electron chi connectivity index (χ3n) is 2.78. The number of carbonyl (C=O) groups excluding carboxylic acids is 1. The van der Waals surface area contributed by atoms with Gasteiger partial charge in [0, 0.05) is 5.56 Å². The summed E-state index contributed by atoms with van der Waals surface area (Å²) in [4.78, 5) is 11.8. The molecule has 2 aromatic rings. The van der Waals surface area contributed by atoms with Crippen LogP contribution < -0.4 is 0 Å². The first-order valence-corrected chi connectivity index (χ1v) is 6.17. The summed E-state index contributed by atoms with van der Waals surface area (Å²) in [7, 11) is 0. The van der Waals surface area contributed by atoms with Gasteiger partial charge in [-0.1, -0.05) is 67.6 Å². The molecule has 90 valence electrons. The normalized spacial score (nSPS) is 10.7. The minimum absolute atomic E-state index is 0.0662. The number of rotatable bonds is 4. The first kappa shape index (κ1) is 12.3. The Labute approximate surface area is 108 Å². The van der Waals surface area contributed by atoms with Gasteiger partial charge >= 0.3 is 0 Å². The molecule has 0 atom stereocenters. The van der Waals surface area contributed by atoms with Gasteiger partial charge < -0.3 is 0 Å². The van der Waals surface area contributed by atoms with Crippen molar-refractivity contribution < 1.29 is 4.79 Å². The fraction of sp³-hybridized carbons (Fsp3) is 0.118. The van der Waals surface area contributed by atoms with Gasteiger partial charge in [0.25, 0.3) is 0 Å². The lowest BCUT2D eigenvalue weighted by Gasteiger charge is -2.02. The van der Waals surface area contributed by atoms with Crippen LogP contribution >= 0.6 is 0 Å². The van der Waals surface area contributed by atoms with Crippen molar-refractivity contribution in [3.63, 3.8) is 0 Å². The van der Waals surface area contributed by atoms with Crippen molar-refractivity contribution in [3.8, 4) is 11.1 Å². The van der Waals surface area contributed by atoms with E-state index in [4.69, 9.17) is 0 Å². The Kier molecular flexibility index (Phi) is 4.08. The fourth-order valence-corrected chi connectivity index (χ4v) is 1.78. The molecular formula is C17H16O. The summed E-state index contributed by atoms with van der Waals surface area (Å²) in [5, 5.41) is 0. The van der Waals surface area contributed by atoms with Gasteiger partial charge in [0.15, 0.2) is 5.78 Å². The van der Waals surface area contributed by atoms with E-state index in [0.717, 1.165) is 17.5 Å². The third-order valence-corrected chi connectivity index (χ3v) is 2.78. The zero-order valence-corrected chi connectivity index (χ0v) is 10.5. The Morgan fingerprint density at radius 2 is 1.56 bits per heavy atom. The van der Waals surface area contributed by atoms with Crippen LogP contribution in [0, 0.1) is 0 Å². The molecule has 0 aliphatic carbocycles. The van der Waals surface area contributed by atoms with Crippen LogP contribution in [0.3, 0.4) is 0 Å². The second kappa shape index (κ2) is 5.97. The van der Waals surface area contributed by atoms with Crippen molar-refractivity contribution in [2.45, 2.75) is 13.3 Å². The van der Waals surface area contributed by atoms with Crippen LogP contribution in [0.2, 0.25) is 0 Å². The van der Waals surface area contributed by atoms with Crippen LogP contribution in [0.25, 0.3) is 11.1 Å². The van der Waals surface area contributed by atoms with E-state index in [1.807, 2.05) is 55.5 Å². The third kappa shape index (κ3) is 2.95. The van der Waals surface area contributed by atoms with Crippen molar-refractivity contribution >= 4 is 5.78 Å². The maximum atomic E-state index is 11.8. The lowest BCUT2D eigenvalue weighted by atomic mass is 10.0. The van der Waals surface area contributed by atoms with Gasteiger partial charge in [-0.25, -0.2) is 0 Å². The van der Waals surface area contributed by atoms with Gasteiger partial charge in [0.05, 0.1) is 0 Å². The average Bonchev–Trinajstić information content (AvgIpc) is 2.46. The van der Waals surface area contributed by atoms with Crippen LogP contribution in [-0.4, -0.2) is 5.78 Å². The van der Waals surface area contributed by atoms with Crippen LogP contribution in [0.1, 0.15) is 23.7 Å². The lowest BCUT2D eigenvalue weighted by Crippen LogP contribution is -1.93. The van der Waals surface area contributed by atoms with Crippen molar-refractivity contribution in [3.05, 3.63) is 72.3 Å². The van der Waals surface area contributed by atoms with E-state index < -0.39 is 0 Å². The first-order chi connectivity index (χ1) is 8.81. The molecule has 0 spiro atoms. The molecule has 0 amide bonds. The van der Waals surface area contributed by atoms with E-state index in [9.17, 15) is 4.79 Å². The molecule has 0 fully saturated rings. The molecule has 2 rings (SSSR count). The van der Waals surface area contributed by atoms with E-state index in [0.29, 0.717) is 0 Å². The van der Waals surface area contributed by atoms with Crippen LogP contribution in [0.5, 0.6) is 0 Å². The van der Waals surface area contributed by atoms with Crippen LogP contribution in [-0.2, 0) is 0 Å². The van der Waals surface area contributed by atoms with Crippen molar-refractivity contribution in [2.24, 2.45) is 0 Å². The molecular weight excluding hydrogens is 220 g/mol. The minimum atomic E-state index is 0.0662. The van der Waals surface area contributed by atoms with E-state index in [1.165, 1.54) is 5.56 Å². The maximum Gasteiger partial charge on any atom is 0.185 e. The smallest absolute Gasteiger partial charge is 0.185 e. The molecule has 0 N–H and O–H groups in total. The topological polar surface area (TPSA) is 17.1 Å². The Bertz CT molecular complexity index is 536. The first-order valence-electron chi connectivity index (χ1n) is 6.17. The standard InChI is InChI=1S/C17H16O/c1-2-3-9-17(18)16-12-10-15(11-13-16)14-7-5-4-6-8-14/h3-13H,2H2,1H3/b9-3+. The lowest BCUT2D eigenvalue weighted by molar-refractivity contribution is 0.104. The van der Waals surface area contributed by atoms with E-state index in [-0.39, 0.29) is 5.78 Å². The average molecular weight is 236 g/mol. The summed E-state index contributed by atoms with van der Waals surface area (Å²) in [6, 6.07) is 17.9. The molecule has 0 saturated carbocycles. The second-order valence-electron chi connectivity index (χ2n) is 4.12. The summed E-state index contributed by atoms with van der Waals surface area (Å²) < 4.78 is 0. The Morgan fingerprint density at radius 1 is 0.944 bits per heavy atom. The van der Waals surface area contributed by atoms with Gasteiger partial charge in [-0.2, -0.15) is 0 Å². The second-order valence-corrected chi connectivity index (χ2v) is 4.12. The number of hydrogen-bond donors (Lipinski definition) is 0. The Balaban J connectivity index is 2.21.